The molecule has 0 atom stereocenters. The number of nitrogens with one attached hydrogen (secondary N) is 1. The lowest BCUT2D eigenvalue weighted by molar-refractivity contribution is -0.436. The molecule has 0 aliphatic rings. The van der Waals surface area contributed by atoms with E-state index in [1.165, 1.54) is 24.3 Å². The van der Waals surface area contributed by atoms with Crippen LogP contribution in [-0.4, -0.2) is 55.0 Å². The quantitative estimate of drug-likeness (QED) is 0.250. The maximum absolute atomic E-state index is 13.8. The molecule has 0 unspecified atom stereocenters. The summed E-state index contributed by atoms with van der Waals surface area (Å²) in [6.45, 7) is 0. The molecule has 0 saturated heterocycles. The summed E-state index contributed by atoms with van der Waals surface area (Å²) in [5.41, 5.74) is 0.567. The smallest absolute Gasteiger partial charge is 0.460 e. The van der Waals surface area contributed by atoms with E-state index in [-0.39, 0.29) is 16.7 Å². The standard InChI is InChI=1S/C19H11F13N2O2/c1-36-12-7-6-9-4-2-3-5-10(9)11(12)8-33-34-13(35)14(20,21)15(22,23)16(24,25)17(26,27)18(28,29)19(30,31)32/h2-8H,1H3,(H,34,35). The fourth-order valence-corrected chi connectivity index (χ4v) is 2.72. The van der Waals surface area contributed by atoms with E-state index in [0.29, 0.717) is 17.0 Å². The monoisotopic (exact) mass is 546 g/mol. The van der Waals surface area contributed by atoms with Crippen LogP contribution >= 0.6 is 0 Å². The summed E-state index contributed by atoms with van der Waals surface area (Å²) in [7, 11) is 1.13. The first-order valence-corrected chi connectivity index (χ1v) is 9.03. The van der Waals surface area contributed by atoms with Gasteiger partial charge in [0, 0.05) is 5.56 Å². The van der Waals surface area contributed by atoms with Crippen LogP contribution in [0.4, 0.5) is 57.1 Å². The molecule has 2 aromatic rings. The number of ether oxygens (including phenoxy) is 1. The van der Waals surface area contributed by atoms with Gasteiger partial charge in [0.15, 0.2) is 0 Å². The molecule has 0 aromatic heterocycles. The Kier molecular flexibility index (Phi) is 7.23. The van der Waals surface area contributed by atoms with Crippen LogP contribution < -0.4 is 10.2 Å². The maximum Gasteiger partial charge on any atom is 0.460 e. The number of hydrogen-bond donors (Lipinski definition) is 1. The highest BCUT2D eigenvalue weighted by Gasteiger charge is 2.91. The van der Waals surface area contributed by atoms with Crippen molar-refractivity contribution in [2.45, 2.75) is 35.8 Å². The summed E-state index contributed by atoms with van der Waals surface area (Å²) in [6.07, 6.45) is -7.03. The first kappa shape index (κ1) is 29.0. The van der Waals surface area contributed by atoms with Crippen molar-refractivity contribution in [2.24, 2.45) is 5.10 Å². The second kappa shape index (κ2) is 8.99. The van der Waals surface area contributed by atoms with E-state index < -0.39 is 41.7 Å². The zero-order valence-electron chi connectivity index (χ0n) is 17.2. The van der Waals surface area contributed by atoms with Crippen molar-refractivity contribution in [1.82, 2.24) is 5.43 Å². The number of methoxy groups -OCH3 is 1. The van der Waals surface area contributed by atoms with Gasteiger partial charge in [0.25, 0.3) is 0 Å². The van der Waals surface area contributed by atoms with E-state index in [4.69, 9.17) is 4.74 Å². The molecule has 0 fully saturated rings. The first-order valence-electron chi connectivity index (χ1n) is 9.03. The third-order valence-corrected chi connectivity index (χ3v) is 4.73. The van der Waals surface area contributed by atoms with Gasteiger partial charge in [-0.15, -0.1) is 0 Å². The van der Waals surface area contributed by atoms with Crippen LogP contribution in [0.25, 0.3) is 10.8 Å². The number of hydrogen-bond acceptors (Lipinski definition) is 3. The Morgan fingerprint density at radius 3 is 1.83 bits per heavy atom. The summed E-state index contributed by atoms with van der Waals surface area (Å²) in [6, 6.07) is 8.84. The largest absolute Gasteiger partial charge is 0.496 e. The third kappa shape index (κ3) is 4.27. The molecule has 0 bridgehead atoms. The van der Waals surface area contributed by atoms with Crippen LogP contribution in [0.15, 0.2) is 41.5 Å². The van der Waals surface area contributed by atoms with E-state index in [2.05, 4.69) is 5.10 Å². The average molecular weight is 546 g/mol. The molecule has 0 radical (unpaired) electrons. The normalized spacial score (nSPS) is 14.4. The van der Waals surface area contributed by atoms with E-state index >= 15 is 0 Å². The Morgan fingerprint density at radius 2 is 1.31 bits per heavy atom. The minimum Gasteiger partial charge on any atom is -0.496 e. The van der Waals surface area contributed by atoms with Crippen LogP contribution in [-0.2, 0) is 4.79 Å². The number of nitrogens with zero attached hydrogens (tertiary/aromatic N) is 1. The highest BCUT2D eigenvalue weighted by Crippen LogP contribution is 2.60. The van der Waals surface area contributed by atoms with Crippen LogP contribution in [0.1, 0.15) is 5.56 Å². The molecular weight excluding hydrogens is 535 g/mol. The van der Waals surface area contributed by atoms with Crippen LogP contribution in [0.2, 0.25) is 0 Å². The second-order valence-corrected chi connectivity index (χ2v) is 6.97. The van der Waals surface area contributed by atoms with E-state index in [9.17, 15) is 61.9 Å². The molecule has 200 valence electrons. The fraction of sp³-hybridized carbons (Fsp3) is 0.368. The molecule has 0 spiro atoms. The Morgan fingerprint density at radius 1 is 0.778 bits per heavy atom. The molecule has 4 nitrogen and oxygen atoms in total. The van der Waals surface area contributed by atoms with Gasteiger partial charge in [0.2, 0.25) is 0 Å². The number of hydrazone groups is 1. The molecular formula is C19H11F13N2O2. The average Bonchev–Trinajstić information content (AvgIpc) is 2.77. The van der Waals surface area contributed by atoms with Gasteiger partial charge in [-0.25, -0.2) is 5.43 Å². The SMILES string of the molecule is COc1ccc2ccccc2c1C=NNC(=O)C(F)(F)C(F)(F)C(F)(F)C(F)(F)C(F)(F)C(F)(F)F. The third-order valence-electron chi connectivity index (χ3n) is 4.73. The summed E-state index contributed by atoms with van der Waals surface area (Å²) < 4.78 is 176. The van der Waals surface area contributed by atoms with Gasteiger partial charge in [-0.05, 0) is 16.8 Å². The van der Waals surface area contributed by atoms with Crippen molar-refractivity contribution in [2.75, 3.05) is 7.11 Å². The summed E-state index contributed by atoms with van der Waals surface area (Å²) in [4.78, 5) is 11.5. The van der Waals surface area contributed by atoms with Crippen LogP contribution in [0.3, 0.4) is 0 Å². The zero-order chi connectivity index (χ0) is 28.0. The Bertz CT molecular complexity index is 1160. The number of fused-ring (bicyclic) bond motifs is 1. The van der Waals surface area contributed by atoms with Crippen molar-refractivity contribution in [3.63, 3.8) is 0 Å². The van der Waals surface area contributed by atoms with Gasteiger partial charge in [0.05, 0.1) is 13.3 Å². The Labute approximate surface area is 191 Å². The molecule has 2 aromatic carbocycles. The molecule has 17 heteroatoms. The van der Waals surface area contributed by atoms with Gasteiger partial charge in [0.1, 0.15) is 5.75 Å². The summed E-state index contributed by atoms with van der Waals surface area (Å²) in [5, 5.41) is 3.60. The number of benzene rings is 2. The van der Waals surface area contributed by atoms with E-state index in [1.807, 2.05) is 0 Å². The van der Waals surface area contributed by atoms with Gasteiger partial charge in [-0.1, -0.05) is 30.3 Å². The minimum atomic E-state index is -8.11. The number of rotatable bonds is 8. The molecule has 0 heterocycles. The molecule has 0 aliphatic carbocycles. The van der Waals surface area contributed by atoms with Gasteiger partial charge >= 0.3 is 41.7 Å². The highest BCUT2D eigenvalue weighted by molar-refractivity contribution is 6.02. The molecule has 2 rings (SSSR count). The molecule has 0 aliphatic heterocycles. The van der Waals surface area contributed by atoms with E-state index in [1.54, 1.807) is 12.1 Å². The van der Waals surface area contributed by atoms with Crippen molar-refractivity contribution < 1.29 is 66.6 Å². The lowest BCUT2D eigenvalue weighted by Gasteiger charge is -2.38. The predicted molar refractivity (Wildman–Crippen MR) is 97.0 cm³/mol. The molecule has 1 amide bonds. The maximum atomic E-state index is 13.8. The molecule has 1 N–H and O–H groups in total. The van der Waals surface area contributed by atoms with Crippen molar-refractivity contribution in [3.8, 4) is 5.75 Å². The first-order chi connectivity index (χ1) is 16.2. The summed E-state index contributed by atoms with van der Waals surface area (Å²) >= 11 is 0. The van der Waals surface area contributed by atoms with Crippen molar-refractivity contribution in [3.05, 3.63) is 42.0 Å². The predicted octanol–water partition coefficient (Wildman–Crippen LogP) is 6.04. The number of alkyl halides is 13. The van der Waals surface area contributed by atoms with Crippen molar-refractivity contribution in [1.29, 1.82) is 0 Å². The lowest BCUT2D eigenvalue weighted by Crippen LogP contribution is -2.71. The van der Waals surface area contributed by atoms with Gasteiger partial charge in [-0.2, -0.15) is 62.2 Å². The van der Waals surface area contributed by atoms with Gasteiger partial charge < -0.3 is 4.74 Å². The van der Waals surface area contributed by atoms with Crippen molar-refractivity contribution >= 4 is 22.9 Å². The number of carbonyl (C=O) groups excluding carboxylic acids is 1. The number of amides is 1. The Balaban J connectivity index is 2.41. The fourth-order valence-electron chi connectivity index (χ4n) is 2.72. The zero-order valence-corrected chi connectivity index (χ0v) is 17.2. The van der Waals surface area contributed by atoms with Crippen LogP contribution in [0, 0.1) is 0 Å². The number of carbonyl (C=O) groups is 1. The minimum absolute atomic E-state index is 0.0238. The highest BCUT2D eigenvalue weighted by atomic mass is 19.4. The topological polar surface area (TPSA) is 50.7 Å². The van der Waals surface area contributed by atoms with E-state index in [0.717, 1.165) is 7.11 Å². The lowest BCUT2D eigenvalue weighted by atomic mass is 9.93. The number of halogens is 13. The molecule has 36 heavy (non-hydrogen) atoms. The summed E-state index contributed by atoms with van der Waals surface area (Å²) in [5.74, 6) is -42.3. The Hall–Kier alpha value is -3.27. The van der Waals surface area contributed by atoms with Gasteiger partial charge in [-0.3, -0.25) is 4.79 Å². The van der Waals surface area contributed by atoms with Crippen LogP contribution in [0.5, 0.6) is 5.75 Å². The second-order valence-electron chi connectivity index (χ2n) is 6.97. The molecule has 0 saturated carbocycles.